The van der Waals surface area contributed by atoms with Crippen molar-refractivity contribution in [1.82, 2.24) is 4.57 Å². The van der Waals surface area contributed by atoms with Crippen LogP contribution in [0.15, 0.2) is 82.1 Å². The summed E-state index contributed by atoms with van der Waals surface area (Å²) in [6.45, 7) is 1.88. The summed E-state index contributed by atoms with van der Waals surface area (Å²) >= 11 is 1.20. The van der Waals surface area contributed by atoms with Crippen LogP contribution in [0, 0.1) is 0 Å². The average Bonchev–Trinajstić information content (AvgIpc) is 3.31. The van der Waals surface area contributed by atoms with E-state index in [0.717, 1.165) is 0 Å². The fourth-order valence-electron chi connectivity index (χ4n) is 4.71. The van der Waals surface area contributed by atoms with E-state index in [9.17, 15) is 14.7 Å². The van der Waals surface area contributed by atoms with Crippen molar-refractivity contribution in [2.45, 2.75) is 13.0 Å². The van der Waals surface area contributed by atoms with Gasteiger partial charge in [0.1, 0.15) is 0 Å². The molecule has 4 aromatic rings. The zero-order chi connectivity index (χ0) is 29.1. The Hall–Kier alpha value is -4.83. The van der Waals surface area contributed by atoms with Gasteiger partial charge in [-0.25, -0.2) is 9.79 Å². The van der Waals surface area contributed by atoms with Crippen LogP contribution >= 0.6 is 11.3 Å². The van der Waals surface area contributed by atoms with Crippen molar-refractivity contribution < 1.29 is 28.8 Å². The summed E-state index contributed by atoms with van der Waals surface area (Å²) in [4.78, 5) is 32.9. The van der Waals surface area contributed by atoms with E-state index in [-0.39, 0.29) is 29.2 Å². The van der Waals surface area contributed by atoms with E-state index < -0.39 is 12.0 Å². The molecule has 0 fully saturated rings. The largest absolute Gasteiger partial charge is 0.504 e. The number of carbonyl (C=O) groups excluding carboxylic acids is 1. The first-order chi connectivity index (χ1) is 19.9. The van der Waals surface area contributed by atoms with Gasteiger partial charge in [0.15, 0.2) is 27.8 Å². The number of thiazole rings is 1. The molecule has 0 aliphatic carbocycles. The smallest absolute Gasteiger partial charge is 0.338 e. The molecule has 2 heterocycles. The highest BCUT2D eigenvalue weighted by molar-refractivity contribution is 7.07. The summed E-state index contributed by atoms with van der Waals surface area (Å²) in [5.41, 5.74) is 2.29. The highest BCUT2D eigenvalue weighted by Crippen LogP contribution is 2.38. The van der Waals surface area contributed by atoms with Crippen molar-refractivity contribution in [2.24, 2.45) is 4.99 Å². The lowest BCUT2D eigenvalue weighted by molar-refractivity contribution is -0.138. The Morgan fingerprint density at radius 1 is 0.976 bits per heavy atom. The first-order valence-electron chi connectivity index (χ1n) is 12.8. The molecule has 41 heavy (non-hydrogen) atoms. The summed E-state index contributed by atoms with van der Waals surface area (Å²) in [5, 5.41) is 10.0. The number of aromatic hydroxyl groups is 1. The lowest BCUT2D eigenvalue weighted by Gasteiger charge is -2.26. The number of nitrogens with zero attached hydrogens (tertiary/aromatic N) is 2. The van der Waals surface area contributed by atoms with Crippen molar-refractivity contribution in [3.8, 4) is 23.0 Å². The number of fused-ring (bicyclic) bond motifs is 1. The van der Waals surface area contributed by atoms with Gasteiger partial charge in [0.2, 0.25) is 0 Å². The molecule has 210 valence electrons. The van der Waals surface area contributed by atoms with Gasteiger partial charge in [0.05, 0.1) is 49.8 Å². The van der Waals surface area contributed by atoms with E-state index >= 15 is 0 Å². The van der Waals surface area contributed by atoms with Gasteiger partial charge in [-0.15, -0.1) is 0 Å². The second-order valence-electron chi connectivity index (χ2n) is 8.98. The van der Waals surface area contributed by atoms with Gasteiger partial charge in [-0.1, -0.05) is 53.8 Å². The molecule has 9 nitrogen and oxygen atoms in total. The maximum atomic E-state index is 14.0. The third-order valence-electron chi connectivity index (χ3n) is 6.60. The number of methoxy groups -OCH3 is 3. The van der Waals surface area contributed by atoms with E-state index in [2.05, 4.69) is 0 Å². The van der Waals surface area contributed by atoms with Gasteiger partial charge >= 0.3 is 5.97 Å². The van der Waals surface area contributed by atoms with Crippen LogP contribution in [0.5, 0.6) is 23.0 Å². The van der Waals surface area contributed by atoms with Crippen LogP contribution in [0.4, 0.5) is 0 Å². The Morgan fingerprint density at radius 3 is 2.39 bits per heavy atom. The van der Waals surface area contributed by atoms with Crippen molar-refractivity contribution in [3.05, 3.63) is 109 Å². The standard InChI is InChI=1S/C31H28N2O7S/c1-5-40-30(36)26-27(19-9-7-6-8-10-19)32-31-33(28(26)20-12-14-22(37-2)24(17-20)39-4)29(35)25(41-31)16-18-11-13-21(34)23(15-18)38-3/h6-17,28,34H,5H2,1-4H3/b25-16-/t28-/m1/s1. The number of carbonyl (C=O) groups is 1. The average molecular weight is 573 g/mol. The van der Waals surface area contributed by atoms with Crippen LogP contribution in [-0.2, 0) is 9.53 Å². The number of benzene rings is 3. The fraction of sp³-hybridized carbons (Fsp3) is 0.194. The van der Waals surface area contributed by atoms with Crippen LogP contribution in [0.3, 0.4) is 0 Å². The number of hydrogen-bond donors (Lipinski definition) is 1. The lowest BCUT2D eigenvalue weighted by atomic mass is 9.93. The monoisotopic (exact) mass is 572 g/mol. The fourth-order valence-corrected chi connectivity index (χ4v) is 5.72. The number of hydrogen-bond acceptors (Lipinski definition) is 9. The Labute approximate surface area is 239 Å². The highest BCUT2D eigenvalue weighted by atomic mass is 32.1. The molecular formula is C31H28N2O7S. The topological polar surface area (TPSA) is 109 Å². The second-order valence-corrected chi connectivity index (χ2v) is 9.99. The lowest BCUT2D eigenvalue weighted by Crippen LogP contribution is -2.40. The van der Waals surface area contributed by atoms with Crippen LogP contribution in [0.2, 0.25) is 0 Å². The minimum absolute atomic E-state index is 0.00820. The predicted molar refractivity (Wildman–Crippen MR) is 155 cm³/mol. The van der Waals surface area contributed by atoms with Gasteiger partial charge in [0.25, 0.3) is 5.56 Å². The predicted octanol–water partition coefficient (Wildman–Crippen LogP) is 3.67. The summed E-state index contributed by atoms with van der Waals surface area (Å²) < 4.78 is 23.6. The minimum Gasteiger partial charge on any atom is -0.504 e. The van der Waals surface area contributed by atoms with Crippen molar-refractivity contribution in [2.75, 3.05) is 27.9 Å². The normalized spacial score (nSPS) is 14.7. The number of ether oxygens (including phenoxy) is 4. The number of rotatable bonds is 8. The summed E-state index contributed by atoms with van der Waals surface area (Å²) in [5.74, 6) is 0.656. The van der Waals surface area contributed by atoms with Crippen molar-refractivity contribution >= 4 is 29.1 Å². The SMILES string of the molecule is CCOC(=O)C1=C(c2ccccc2)N=c2s/c(=C\c3ccc(O)c(OC)c3)c(=O)n2[C@@H]1c1ccc(OC)c(OC)c1. The Kier molecular flexibility index (Phi) is 7.93. The number of esters is 1. The summed E-state index contributed by atoms with van der Waals surface area (Å²) in [7, 11) is 4.52. The van der Waals surface area contributed by atoms with Gasteiger partial charge in [0, 0.05) is 5.56 Å². The highest BCUT2D eigenvalue weighted by Gasteiger charge is 2.35. The molecule has 0 bridgehead atoms. The first kappa shape index (κ1) is 27.7. The molecule has 0 unspecified atom stereocenters. The first-order valence-corrected chi connectivity index (χ1v) is 13.6. The van der Waals surface area contributed by atoms with E-state index in [1.54, 1.807) is 43.3 Å². The third-order valence-corrected chi connectivity index (χ3v) is 7.58. The van der Waals surface area contributed by atoms with Crippen LogP contribution < -0.4 is 29.1 Å². The van der Waals surface area contributed by atoms with E-state index in [0.29, 0.717) is 43.2 Å². The second kappa shape index (κ2) is 11.7. The third kappa shape index (κ3) is 5.21. The Balaban J connectivity index is 1.83. The quantitative estimate of drug-likeness (QED) is 0.321. The Morgan fingerprint density at radius 2 is 1.71 bits per heavy atom. The van der Waals surface area contributed by atoms with Crippen LogP contribution in [0.25, 0.3) is 11.8 Å². The molecular weight excluding hydrogens is 544 g/mol. The molecule has 0 spiro atoms. The zero-order valence-corrected chi connectivity index (χ0v) is 23.7. The zero-order valence-electron chi connectivity index (χ0n) is 22.9. The summed E-state index contributed by atoms with van der Waals surface area (Å²) in [6, 6.07) is 18.6. The number of aromatic nitrogens is 1. The van der Waals surface area contributed by atoms with Gasteiger partial charge in [-0.3, -0.25) is 9.36 Å². The molecule has 5 rings (SSSR count). The molecule has 1 aliphatic heterocycles. The molecule has 0 saturated carbocycles. The summed E-state index contributed by atoms with van der Waals surface area (Å²) in [6.07, 6.45) is 1.70. The molecule has 1 N–H and O–H groups in total. The maximum absolute atomic E-state index is 14.0. The van der Waals surface area contributed by atoms with Crippen molar-refractivity contribution in [1.29, 1.82) is 0 Å². The molecule has 10 heteroatoms. The van der Waals surface area contributed by atoms with Gasteiger partial charge in [-0.05, 0) is 48.4 Å². The number of phenols is 1. The van der Waals surface area contributed by atoms with E-state index in [4.69, 9.17) is 23.9 Å². The molecule has 1 aliphatic rings. The van der Waals surface area contributed by atoms with Gasteiger partial charge in [-0.2, -0.15) is 0 Å². The van der Waals surface area contributed by atoms with Gasteiger partial charge < -0.3 is 24.1 Å². The molecule has 3 aromatic carbocycles. The molecule has 0 radical (unpaired) electrons. The molecule has 1 aromatic heterocycles. The van der Waals surface area contributed by atoms with Crippen LogP contribution in [0.1, 0.15) is 29.7 Å². The van der Waals surface area contributed by atoms with E-state index in [1.807, 2.05) is 30.3 Å². The number of phenolic OH excluding ortho intramolecular Hbond substituents is 1. The maximum Gasteiger partial charge on any atom is 0.338 e. The Bertz CT molecular complexity index is 1820. The molecule has 0 amide bonds. The van der Waals surface area contributed by atoms with E-state index in [1.165, 1.54) is 43.3 Å². The molecule has 1 atom stereocenters. The minimum atomic E-state index is -0.864. The molecule has 0 saturated heterocycles. The van der Waals surface area contributed by atoms with Crippen molar-refractivity contribution in [3.63, 3.8) is 0 Å². The van der Waals surface area contributed by atoms with Crippen LogP contribution in [-0.4, -0.2) is 43.6 Å².